The van der Waals surface area contributed by atoms with Crippen LogP contribution in [0.15, 0.2) is 0 Å². The molecular weight excluding hydrogens is 235 g/mol. The summed E-state index contributed by atoms with van der Waals surface area (Å²) in [6, 6.07) is -2.30. The summed E-state index contributed by atoms with van der Waals surface area (Å²) in [6.07, 6.45) is -5.42. The van der Waals surface area contributed by atoms with Gasteiger partial charge in [-0.3, -0.25) is 4.79 Å². The first-order chi connectivity index (χ1) is 7.21. The largest absolute Gasteiger partial charge is 0.455 e. The maximum absolute atomic E-state index is 13.0. The number of amides is 1. The van der Waals surface area contributed by atoms with Gasteiger partial charge in [0.15, 0.2) is 0 Å². The Labute approximate surface area is 88.4 Å². The second kappa shape index (κ2) is 4.15. The summed E-state index contributed by atoms with van der Waals surface area (Å²) in [7, 11) is 0. The number of carbonyl (C=O) groups is 1. The molecule has 1 fully saturated rings. The van der Waals surface area contributed by atoms with E-state index in [-0.39, 0.29) is 19.4 Å². The Morgan fingerprint density at radius 1 is 1.31 bits per heavy atom. The van der Waals surface area contributed by atoms with Gasteiger partial charge in [0.05, 0.1) is 0 Å². The van der Waals surface area contributed by atoms with Gasteiger partial charge in [-0.25, -0.2) is 0 Å². The van der Waals surface area contributed by atoms with E-state index in [9.17, 15) is 26.7 Å². The number of nitrogens with zero attached hydrogens (tertiary/aromatic N) is 1. The van der Waals surface area contributed by atoms with E-state index in [2.05, 4.69) is 0 Å². The lowest BCUT2D eigenvalue weighted by atomic mass is 10.1. The molecule has 2 N–H and O–H groups in total. The molecule has 16 heavy (non-hydrogen) atoms. The van der Waals surface area contributed by atoms with Gasteiger partial charge in [0.25, 0.3) is 0 Å². The highest BCUT2D eigenvalue weighted by atomic mass is 19.4. The van der Waals surface area contributed by atoms with E-state index >= 15 is 0 Å². The molecule has 1 aliphatic rings. The van der Waals surface area contributed by atoms with Crippen LogP contribution in [0.2, 0.25) is 0 Å². The molecule has 0 saturated carbocycles. The van der Waals surface area contributed by atoms with E-state index in [0.717, 1.165) is 0 Å². The molecule has 3 nitrogen and oxygen atoms in total. The second-order valence-corrected chi connectivity index (χ2v) is 3.56. The summed E-state index contributed by atoms with van der Waals surface area (Å²) in [5.41, 5.74) is 4.92. The van der Waals surface area contributed by atoms with Crippen LogP contribution in [-0.4, -0.2) is 42.0 Å². The lowest BCUT2D eigenvalue weighted by Gasteiger charge is -2.34. The normalized spacial score (nSPS) is 20.4. The lowest BCUT2D eigenvalue weighted by Crippen LogP contribution is -2.58. The van der Waals surface area contributed by atoms with Gasteiger partial charge < -0.3 is 10.6 Å². The molecule has 1 amide bonds. The zero-order valence-corrected chi connectivity index (χ0v) is 8.23. The van der Waals surface area contributed by atoms with Crippen molar-refractivity contribution >= 4 is 5.91 Å². The molecule has 0 aromatic rings. The molecule has 0 aliphatic carbocycles. The van der Waals surface area contributed by atoms with Crippen LogP contribution in [0.4, 0.5) is 22.0 Å². The van der Waals surface area contributed by atoms with E-state index in [4.69, 9.17) is 5.73 Å². The van der Waals surface area contributed by atoms with Gasteiger partial charge in [-0.05, 0) is 6.42 Å². The van der Waals surface area contributed by atoms with Crippen molar-refractivity contribution in [1.82, 2.24) is 4.90 Å². The molecule has 1 aliphatic heterocycles. The lowest BCUT2D eigenvalue weighted by molar-refractivity contribution is -0.300. The SMILES string of the molecule is NCC(N1CCCC1=O)C(F)(F)C(F)(F)F. The summed E-state index contributed by atoms with van der Waals surface area (Å²) in [6.45, 7) is -1.02. The quantitative estimate of drug-likeness (QED) is 0.759. The summed E-state index contributed by atoms with van der Waals surface area (Å²) in [5, 5.41) is 0. The summed E-state index contributed by atoms with van der Waals surface area (Å²) >= 11 is 0. The van der Waals surface area contributed by atoms with Crippen LogP contribution in [0, 0.1) is 0 Å². The topological polar surface area (TPSA) is 46.3 Å². The minimum atomic E-state index is -5.69. The Morgan fingerprint density at radius 2 is 1.88 bits per heavy atom. The van der Waals surface area contributed by atoms with Crippen molar-refractivity contribution in [2.45, 2.75) is 31.0 Å². The molecule has 0 aromatic heterocycles. The molecule has 1 rings (SSSR count). The van der Waals surface area contributed by atoms with Crippen LogP contribution in [0.25, 0.3) is 0 Å². The predicted octanol–water partition coefficient (Wildman–Crippen LogP) is 1.13. The van der Waals surface area contributed by atoms with Crippen molar-refractivity contribution in [3.63, 3.8) is 0 Å². The van der Waals surface area contributed by atoms with Crippen LogP contribution < -0.4 is 5.73 Å². The van der Waals surface area contributed by atoms with E-state index in [0.29, 0.717) is 4.90 Å². The van der Waals surface area contributed by atoms with Crippen LogP contribution in [0.5, 0.6) is 0 Å². The van der Waals surface area contributed by atoms with Gasteiger partial charge in [0, 0.05) is 19.5 Å². The third kappa shape index (κ3) is 2.11. The molecule has 0 spiro atoms. The smallest absolute Gasteiger partial charge is 0.332 e. The maximum atomic E-state index is 13.0. The van der Waals surface area contributed by atoms with Crippen LogP contribution in [0.3, 0.4) is 0 Å². The Bertz CT molecular complexity index is 278. The number of hydrogen-bond acceptors (Lipinski definition) is 2. The third-order valence-corrected chi connectivity index (χ3v) is 2.51. The fourth-order valence-corrected chi connectivity index (χ4v) is 1.66. The minimum Gasteiger partial charge on any atom is -0.332 e. The molecule has 1 heterocycles. The standard InChI is InChI=1S/C8H11F5N2O/c9-7(10,8(11,12)13)5(4-14)15-3-1-2-6(15)16/h5H,1-4,14H2. The highest BCUT2D eigenvalue weighted by Gasteiger charge is 2.64. The highest BCUT2D eigenvalue weighted by Crippen LogP contribution is 2.40. The van der Waals surface area contributed by atoms with Crippen molar-refractivity contribution in [2.24, 2.45) is 5.73 Å². The molecule has 0 bridgehead atoms. The van der Waals surface area contributed by atoms with Gasteiger partial charge >= 0.3 is 12.1 Å². The third-order valence-electron chi connectivity index (χ3n) is 2.51. The number of hydrogen-bond donors (Lipinski definition) is 1. The Hall–Kier alpha value is -0.920. The fraction of sp³-hybridized carbons (Fsp3) is 0.875. The van der Waals surface area contributed by atoms with Gasteiger partial charge in [-0.1, -0.05) is 0 Å². The Morgan fingerprint density at radius 3 is 2.19 bits per heavy atom. The van der Waals surface area contributed by atoms with Crippen LogP contribution in [-0.2, 0) is 4.79 Å². The second-order valence-electron chi connectivity index (χ2n) is 3.56. The molecule has 1 atom stereocenters. The first-order valence-corrected chi connectivity index (χ1v) is 4.66. The van der Waals surface area contributed by atoms with Crippen molar-refractivity contribution in [2.75, 3.05) is 13.1 Å². The predicted molar refractivity (Wildman–Crippen MR) is 44.8 cm³/mol. The van der Waals surface area contributed by atoms with E-state index < -0.39 is 30.6 Å². The molecule has 1 saturated heterocycles. The number of rotatable bonds is 3. The summed E-state index contributed by atoms with van der Waals surface area (Å²) < 4.78 is 62.4. The summed E-state index contributed by atoms with van der Waals surface area (Å²) in [4.78, 5) is 11.6. The first-order valence-electron chi connectivity index (χ1n) is 4.66. The molecule has 1 unspecified atom stereocenters. The molecule has 94 valence electrons. The average molecular weight is 246 g/mol. The Kier molecular flexibility index (Phi) is 3.41. The number of alkyl halides is 5. The van der Waals surface area contributed by atoms with E-state index in [1.807, 2.05) is 0 Å². The number of halogens is 5. The van der Waals surface area contributed by atoms with Crippen molar-refractivity contribution in [1.29, 1.82) is 0 Å². The molecule has 8 heteroatoms. The van der Waals surface area contributed by atoms with Crippen LogP contribution in [0.1, 0.15) is 12.8 Å². The number of likely N-dealkylation sites (tertiary alicyclic amines) is 1. The van der Waals surface area contributed by atoms with E-state index in [1.54, 1.807) is 0 Å². The number of nitrogens with two attached hydrogens (primary N) is 1. The van der Waals surface area contributed by atoms with Gasteiger partial charge in [-0.2, -0.15) is 22.0 Å². The number of carbonyl (C=O) groups excluding carboxylic acids is 1. The Balaban J connectivity index is 2.93. The van der Waals surface area contributed by atoms with Gasteiger partial charge in [-0.15, -0.1) is 0 Å². The molecule has 0 aromatic carbocycles. The van der Waals surface area contributed by atoms with Crippen LogP contribution >= 0.6 is 0 Å². The molecular formula is C8H11F5N2O. The zero-order chi connectivity index (χ0) is 12.6. The van der Waals surface area contributed by atoms with Crippen molar-refractivity contribution < 1.29 is 26.7 Å². The van der Waals surface area contributed by atoms with E-state index in [1.165, 1.54) is 0 Å². The highest BCUT2D eigenvalue weighted by molar-refractivity contribution is 5.78. The fourth-order valence-electron chi connectivity index (χ4n) is 1.66. The minimum absolute atomic E-state index is 0.00949. The zero-order valence-electron chi connectivity index (χ0n) is 8.23. The first kappa shape index (κ1) is 13.1. The maximum Gasteiger partial charge on any atom is 0.455 e. The monoisotopic (exact) mass is 246 g/mol. The summed E-state index contributed by atoms with van der Waals surface area (Å²) in [5.74, 6) is -5.68. The van der Waals surface area contributed by atoms with Crippen molar-refractivity contribution in [3.05, 3.63) is 0 Å². The average Bonchev–Trinajstić information content (AvgIpc) is 2.51. The van der Waals surface area contributed by atoms with Gasteiger partial charge in [0.1, 0.15) is 6.04 Å². The van der Waals surface area contributed by atoms with Crippen molar-refractivity contribution in [3.8, 4) is 0 Å². The van der Waals surface area contributed by atoms with Gasteiger partial charge in [0.2, 0.25) is 5.91 Å². The molecule has 0 radical (unpaired) electrons.